The zero-order valence-electron chi connectivity index (χ0n) is 19.5. The molecule has 0 saturated carbocycles. The molecule has 4 rings (SSSR count). The topological polar surface area (TPSA) is 72.7 Å². The Morgan fingerprint density at radius 3 is 2.35 bits per heavy atom. The number of nitrogens with zero attached hydrogens (tertiary/aromatic N) is 2. The van der Waals surface area contributed by atoms with Crippen molar-refractivity contribution < 1.29 is 14.3 Å². The molecule has 1 fully saturated rings. The second-order valence-corrected chi connectivity index (χ2v) is 9.90. The molecule has 0 spiro atoms. The lowest BCUT2D eigenvalue weighted by Crippen LogP contribution is -2.19. The average molecular weight is 538 g/mol. The van der Waals surface area contributed by atoms with Gasteiger partial charge in [0.05, 0.1) is 23.3 Å². The number of halogens is 1. The van der Waals surface area contributed by atoms with Crippen LogP contribution in [0.1, 0.15) is 38.4 Å². The summed E-state index contributed by atoms with van der Waals surface area (Å²) in [5.41, 5.74) is 7.38. The predicted octanol–water partition coefficient (Wildman–Crippen LogP) is 6.15. The molecule has 1 saturated heterocycles. The minimum Gasteiger partial charge on any atom is -0.465 e. The van der Waals surface area contributed by atoms with Gasteiger partial charge in [0.1, 0.15) is 0 Å². The number of nitrogens with one attached hydrogen (secondary N) is 1. The van der Waals surface area contributed by atoms with Crippen molar-refractivity contribution in [1.29, 1.82) is 0 Å². The van der Waals surface area contributed by atoms with Crippen LogP contribution in [-0.4, -0.2) is 28.7 Å². The summed E-state index contributed by atoms with van der Waals surface area (Å²) in [6, 6.07) is 13.3. The highest BCUT2D eigenvalue weighted by Gasteiger charge is 2.25. The molecule has 34 heavy (non-hydrogen) atoms. The molecule has 6 nitrogen and oxygen atoms in total. The third-order valence-electron chi connectivity index (χ3n) is 5.61. The molecule has 1 N–H and O–H groups in total. The Hall–Kier alpha value is -3.10. The third-order valence-corrected chi connectivity index (χ3v) is 7.77. The Bertz CT molecular complexity index is 1350. The quantitative estimate of drug-likeness (QED) is 0.320. The largest absolute Gasteiger partial charge is 0.465 e. The van der Waals surface area contributed by atoms with Crippen LogP contribution < -0.4 is 5.32 Å². The van der Waals surface area contributed by atoms with Gasteiger partial charge in [-0.15, -0.1) is 0 Å². The van der Waals surface area contributed by atoms with Gasteiger partial charge in [-0.2, -0.15) is 0 Å². The molecule has 2 aromatic carbocycles. The number of hydrogen-bond acceptors (Lipinski definition) is 5. The molecule has 1 amide bonds. The van der Waals surface area contributed by atoms with Crippen LogP contribution >= 0.6 is 27.7 Å². The Balaban J connectivity index is 1.61. The van der Waals surface area contributed by atoms with Gasteiger partial charge in [-0.1, -0.05) is 15.9 Å². The van der Waals surface area contributed by atoms with Crippen LogP contribution in [0.25, 0.3) is 11.8 Å². The van der Waals surface area contributed by atoms with Crippen molar-refractivity contribution in [3.8, 4) is 5.69 Å². The van der Waals surface area contributed by atoms with Gasteiger partial charge < -0.3 is 14.6 Å². The number of amidine groups is 1. The summed E-state index contributed by atoms with van der Waals surface area (Å²) in [6.07, 6.45) is 1.89. The zero-order chi connectivity index (χ0) is 24.6. The number of amides is 1. The lowest BCUT2D eigenvalue weighted by molar-refractivity contribution is -0.115. The summed E-state index contributed by atoms with van der Waals surface area (Å²) in [5, 5.41) is 3.42. The SMILES string of the molecule is COC(=O)c1ccc(-n2c(C)cc(/C=C3\SC(=Nc4cc(C)c(Br)c(C)c4)NC3=O)c2C)cc1. The van der Waals surface area contributed by atoms with E-state index in [1.165, 1.54) is 18.9 Å². The maximum absolute atomic E-state index is 12.6. The van der Waals surface area contributed by atoms with Crippen LogP contribution in [0.5, 0.6) is 0 Å². The Morgan fingerprint density at radius 2 is 1.74 bits per heavy atom. The number of carbonyl (C=O) groups excluding carboxylic acids is 2. The summed E-state index contributed by atoms with van der Waals surface area (Å²) in [6.45, 7) is 8.06. The van der Waals surface area contributed by atoms with Crippen LogP contribution in [-0.2, 0) is 9.53 Å². The number of aromatic nitrogens is 1. The van der Waals surface area contributed by atoms with Crippen molar-refractivity contribution in [3.63, 3.8) is 0 Å². The molecule has 0 aliphatic carbocycles. The van der Waals surface area contributed by atoms with E-state index < -0.39 is 0 Å². The second kappa shape index (κ2) is 9.64. The molecule has 2 heterocycles. The maximum Gasteiger partial charge on any atom is 0.337 e. The van der Waals surface area contributed by atoms with Gasteiger partial charge in [0.2, 0.25) is 0 Å². The van der Waals surface area contributed by atoms with Gasteiger partial charge >= 0.3 is 5.97 Å². The van der Waals surface area contributed by atoms with Gasteiger partial charge in [-0.05, 0) is 105 Å². The van der Waals surface area contributed by atoms with Crippen LogP contribution in [0.4, 0.5) is 5.69 Å². The van der Waals surface area contributed by atoms with Gasteiger partial charge in [0.15, 0.2) is 5.17 Å². The van der Waals surface area contributed by atoms with Crippen LogP contribution in [0, 0.1) is 27.7 Å². The number of esters is 1. The molecule has 1 aromatic heterocycles. The third kappa shape index (κ3) is 4.74. The number of hydrogen-bond donors (Lipinski definition) is 1. The first kappa shape index (κ1) is 24.0. The van der Waals surface area contributed by atoms with Gasteiger partial charge in [0, 0.05) is 21.5 Å². The number of thioether (sulfide) groups is 1. The van der Waals surface area contributed by atoms with Gasteiger partial charge in [-0.3, -0.25) is 4.79 Å². The summed E-state index contributed by atoms with van der Waals surface area (Å²) in [5.74, 6) is -0.533. The standard InChI is InChI=1S/C26H24BrN3O3S/c1-14-10-20(11-15(2)23(14)27)28-26-29-24(31)22(34-26)13-19-12-16(3)30(17(19)4)21-8-6-18(7-9-21)25(32)33-5/h6-13H,1-5H3,(H,28,29,31)/b22-13-. The van der Waals surface area contributed by atoms with E-state index in [9.17, 15) is 9.59 Å². The molecule has 1 aliphatic heterocycles. The minimum absolute atomic E-state index is 0.165. The average Bonchev–Trinajstić information content (AvgIpc) is 3.29. The highest BCUT2D eigenvalue weighted by Crippen LogP contribution is 2.32. The number of methoxy groups -OCH3 is 1. The highest BCUT2D eigenvalue weighted by atomic mass is 79.9. The lowest BCUT2D eigenvalue weighted by Gasteiger charge is -2.10. The first-order valence-electron chi connectivity index (χ1n) is 10.6. The van der Waals surface area contributed by atoms with E-state index in [4.69, 9.17) is 4.74 Å². The fraction of sp³-hybridized carbons (Fsp3) is 0.192. The van der Waals surface area contributed by atoms with E-state index >= 15 is 0 Å². The van der Waals surface area contributed by atoms with E-state index in [1.807, 2.05) is 64.1 Å². The Kier molecular flexibility index (Phi) is 6.81. The van der Waals surface area contributed by atoms with E-state index in [0.29, 0.717) is 15.6 Å². The summed E-state index contributed by atoms with van der Waals surface area (Å²) >= 11 is 4.90. The summed E-state index contributed by atoms with van der Waals surface area (Å²) in [4.78, 5) is 29.6. The van der Waals surface area contributed by atoms with Crippen molar-refractivity contribution in [3.05, 3.63) is 85.5 Å². The number of rotatable bonds is 4. The fourth-order valence-electron chi connectivity index (χ4n) is 3.92. The summed E-state index contributed by atoms with van der Waals surface area (Å²) < 4.78 is 7.93. The maximum atomic E-state index is 12.6. The monoisotopic (exact) mass is 537 g/mol. The van der Waals surface area contributed by atoms with Gasteiger partial charge in [0.25, 0.3) is 5.91 Å². The van der Waals surface area contributed by atoms with Crippen LogP contribution in [0.3, 0.4) is 0 Å². The smallest absolute Gasteiger partial charge is 0.337 e. The van der Waals surface area contributed by atoms with E-state index in [2.05, 4.69) is 30.8 Å². The first-order valence-corrected chi connectivity index (χ1v) is 12.2. The van der Waals surface area contributed by atoms with E-state index in [-0.39, 0.29) is 11.9 Å². The number of carbonyl (C=O) groups is 2. The number of aliphatic imine (C=N–C) groups is 1. The molecule has 174 valence electrons. The predicted molar refractivity (Wildman–Crippen MR) is 141 cm³/mol. The molecular formula is C26H24BrN3O3S. The molecule has 0 atom stereocenters. The molecule has 3 aromatic rings. The minimum atomic E-state index is -0.367. The number of ether oxygens (including phenoxy) is 1. The van der Waals surface area contributed by atoms with Crippen molar-refractivity contribution >= 4 is 56.5 Å². The molecule has 0 radical (unpaired) electrons. The number of benzene rings is 2. The fourth-order valence-corrected chi connectivity index (χ4v) is 4.98. The molecule has 0 bridgehead atoms. The van der Waals surface area contributed by atoms with E-state index in [1.54, 1.807) is 12.1 Å². The molecule has 1 aliphatic rings. The van der Waals surface area contributed by atoms with Crippen molar-refractivity contribution in [2.45, 2.75) is 27.7 Å². The molecule has 8 heteroatoms. The molecule has 0 unspecified atom stereocenters. The van der Waals surface area contributed by atoms with Crippen molar-refractivity contribution in [2.24, 2.45) is 4.99 Å². The van der Waals surface area contributed by atoms with Crippen molar-refractivity contribution in [2.75, 3.05) is 7.11 Å². The number of aryl methyl sites for hydroxylation is 3. The lowest BCUT2D eigenvalue weighted by atomic mass is 10.1. The van der Waals surface area contributed by atoms with Gasteiger partial charge in [-0.25, -0.2) is 9.79 Å². The highest BCUT2D eigenvalue weighted by molar-refractivity contribution is 9.10. The second-order valence-electron chi connectivity index (χ2n) is 8.08. The molecular weight excluding hydrogens is 514 g/mol. The Morgan fingerprint density at radius 1 is 1.09 bits per heavy atom. The first-order chi connectivity index (χ1) is 16.2. The van der Waals surface area contributed by atoms with E-state index in [0.717, 1.165) is 43.9 Å². The summed E-state index contributed by atoms with van der Waals surface area (Å²) in [7, 11) is 1.37. The van der Waals surface area contributed by atoms with Crippen LogP contribution in [0.2, 0.25) is 0 Å². The van der Waals surface area contributed by atoms with Crippen LogP contribution in [0.15, 0.2) is 56.8 Å². The normalized spacial score (nSPS) is 15.8. The van der Waals surface area contributed by atoms with Crippen molar-refractivity contribution in [1.82, 2.24) is 9.88 Å². The zero-order valence-corrected chi connectivity index (χ0v) is 21.9. The Labute approximate surface area is 211 Å².